The topological polar surface area (TPSA) is 61.5 Å². The summed E-state index contributed by atoms with van der Waals surface area (Å²) in [6.07, 6.45) is -5.03. The zero-order chi connectivity index (χ0) is 14.6. The van der Waals surface area contributed by atoms with E-state index in [1.807, 2.05) is 0 Å². The predicted molar refractivity (Wildman–Crippen MR) is 56.8 cm³/mol. The van der Waals surface area contributed by atoms with Gasteiger partial charge in [-0.1, -0.05) is 6.07 Å². The molecule has 0 radical (unpaired) electrons. The Morgan fingerprint density at radius 3 is 2.53 bits per heavy atom. The van der Waals surface area contributed by atoms with Gasteiger partial charge >= 0.3 is 12.3 Å². The van der Waals surface area contributed by atoms with Crippen molar-refractivity contribution in [2.75, 3.05) is 7.11 Å². The molecule has 1 aromatic carbocycles. The number of carbonyl (C=O) groups excluding carboxylic acids is 1. The van der Waals surface area contributed by atoms with Gasteiger partial charge in [-0.2, -0.15) is 0 Å². The first-order chi connectivity index (χ1) is 8.73. The van der Waals surface area contributed by atoms with E-state index in [0.717, 1.165) is 19.2 Å². The maximum atomic E-state index is 13.3. The summed E-state index contributed by atoms with van der Waals surface area (Å²) in [7, 11) is 1.14. The Bertz CT molecular complexity index is 462. The van der Waals surface area contributed by atoms with E-state index in [1.165, 1.54) is 6.07 Å². The van der Waals surface area contributed by atoms with E-state index < -0.39 is 29.9 Å². The van der Waals surface area contributed by atoms with E-state index in [-0.39, 0.29) is 12.0 Å². The fraction of sp³-hybridized carbons (Fsp3) is 0.364. The second kappa shape index (κ2) is 5.87. The van der Waals surface area contributed by atoms with Crippen LogP contribution < -0.4 is 10.5 Å². The Balaban J connectivity index is 2.80. The number of hydrogen-bond donors (Lipinski definition) is 1. The van der Waals surface area contributed by atoms with Crippen molar-refractivity contribution in [1.82, 2.24) is 0 Å². The largest absolute Gasteiger partial charge is 0.573 e. The molecule has 0 amide bonds. The summed E-state index contributed by atoms with van der Waals surface area (Å²) in [6.45, 7) is 0. The standard InChI is InChI=1S/C11H11F4NO3/c1-18-10(17)8(16)5-6-2-3-9(7(12)4-6)19-11(13,14)15/h2-4,8H,5,16H2,1H3. The highest BCUT2D eigenvalue weighted by atomic mass is 19.4. The molecule has 2 N–H and O–H groups in total. The van der Waals surface area contributed by atoms with Crippen molar-refractivity contribution in [2.24, 2.45) is 5.73 Å². The number of rotatable bonds is 4. The molecule has 1 atom stereocenters. The van der Waals surface area contributed by atoms with Gasteiger partial charge in [0.15, 0.2) is 11.6 Å². The van der Waals surface area contributed by atoms with E-state index in [9.17, 15) is 22.4 Å². The van der Waals surface area contributed by atoms with Gasteiger partial charge in [0.1, 0.15) is 6.04 Å². The van der Waals surface area contributed by atoms with Crippen LogP contribution in [0.15, 0.2) is 18.2 Å². The van der Waals surface area contributed by atoms with E-state index in [0.29, 0.717) is 0 Å². The van der Waals surface area contributed by atoms with E-state index >= 15 is 0 Å². The van der Waals surface area contributed by atoms with Crippen LogP contribution in [-0.4, -0.2) is 25.5 Å². The summed E-state index contributed by atoms with van der Waals surface area (Å²) in [4.78, 5) is 11.0. The van der Waals surface area contributed by atoms with Gasteiger partial charge in [-0.15, -0.1) is 13.2 Å². The molecule has 0 bridgehead atoms. The van der Waals surface area contributed by atoms with Crippen molar-refractivity contribution < 1.29 is 31.8 Å². The predicted octanol–water partition coefficient (Wildman–Crippen LogP) is 1.77. The van der Waals surface area contributed by atoms with Gasteiger partial charge in [0.25, 0.3) is 0 Å². The molecule has 0 aliphatic rings. The van der Waals surface area contributed by atoms with Crippen LogP contribution in [0.1, 0.15) is 5.56 Å². The molecule has 0 heterocycles. The molecule has 106 valence electrons. The van der Waals surface area contributed by atoms with Gasteiger partial charge in [0.2, 0.25) is 0 Å². The Labute approximate surface area is 106 Å². The first-order valence-corrected chi connectivity index (χ1v) is 5.10. The third-order valence-corrected chi connectivity index (χ3v) is 2.18. The van der Waals surface area contributed by atoms with Crippen molar-refractivity contribution in [3.05, 3.63) is 29.6 Å². The highest BCUT2D eigenvalue weighted by molar-refractivity contribution is 5.75. The number of carbonyl (C=O) groups is 1. The summed E-state index contributed by atoms with van der Waals surface area (Å²) in [5, 5.41) is 0. The van der Waals surface area contributed by atoms with Crippen LogP contribution in [0.4, 0.5) is 17.6 Å². The molecule has 1 aromatic rings. The van der Waals surface area contributed by atoms with Crippen molar-refractivity contribution in [2.45, 2.75) is 18.8 Å². The van der Waals surface area contributed by atoms with Crippen LogP contribution in [0, 0.1) is 5.82 Å². The van der Waals surface area contributed by atoms with Crippen molar-refractivity contribution >= 4 is 5.97 Å². The van der Waals surface area contributed by atoms with Gasteiger partial charge in [-0.25, -0.2) is 4.39 Å². The monoisotopic (exact) mass is 281 g/mol. The summed E-state index contributed by atoms with van der Waals surface area (Å²) >= 11 is 0. The molecule has 1 rings (SSSR count). The molecule has 0 aliphatic carbocycles. The minimum Gasteiger partial charge on any atom is -0.468 e. The lowest BCUT2D eigenvalue weighted by Crippen LogP contribution is -2.33. The highest BCUT2D eigenvalue weighted by Crippen LogP contribution is 2.26. The second-order valence-corrected chi connectivity index (χ2v) is 3.65. The van der Waals surface area contributed by atoms with Crippen molar-refractivity contribution in [3.63, 3.8) is 0 Å². The Hall–Kier alpha value is -1.83. The lowest BCUT2D eigenvalue weighted by atomic mass is 10.1. The summed E-state index contributed by atoms with van der Waals surface area (Å²) in [6, 6.07) is 1.82. The third-order valence-electron chi connectivity index (χ3n) is 2.18. The average Bonchev–Trinajstić information content (AvgIpc) is 2.30. The van der Waals surface area contributed by atoms with Crippen LogP contribution in [0.25, 0.3) is 0 Å². The molecule has 1 unspecified atom stereocenters. The summed E-state index contributed by atoms with van der Waals surface area (Å²) in [5.41, 5.74) is 5.70. The smallest absolute Gasteiger partial charge is 0.468 e. The van der Waals surface area contributed by atoms with Crippen LogP contribution in [-0.2, 0) is 16.0 Å². The van der Waals surface area contributed by atoms with E-state index in [1.54, 1.807) is 0 Å². The van der Waals surface area contributed by atoms with Gasteiger partial charge < -0.3 is 15.2 Å². The molecule has 0 spiro atoms. The quantitative estimate of drug-likeness (QED) is 0.675. The molecule has 8 heteroatoms. The second-order valence-electron chi connectivity index (χ2n) is 3.65. The minimum atomic E-state index is -4.97. The Kier molecular flexibility index (Phi) is 4.71. The number of hydrogen-bond acceptors (Lipinski definition) is 4. The Morgan fingerprint density at radius 2 is 2.05 bits per heavy atom. The molecule has 4 nitrogen and oxygen atoms in total. The van der Waals surface area contributed by atoms with Crippen LogP contribution in [0.5, 0.6) is 5.75 Å². The lowest BCUT2D eigenvalue weighted by molar-refractivity contribution is -0.275. The summed E-state index contributed by atoms with van der Waals surface area (Å²) in [5.74, 6) is -2.83. The van der Waals surface area contributed by atoms with Crippen LogP contribution in [0.2, 0.25) is 0 Å². The average molecular weight is 281 g/mol. The number of benzene rings is 1. The maximum absolute atomic E-state index is 13.3. The fourth-order valence-corrected chi connectivity index (χ4v) is 1.37. The number of methoxy groups -OCH3 is 1. The molecule has 19 heavy (non-hydrogen) atoms. The molecule has 0 fully saturated rings. The molecular formula is C11H11F4NO3. The molecule has 0 aromatic heterocycles. The molecule has 0 saturated carbocycles. The van der Waals surface area contributed by atoms with Crippen LogP contribution >= 0.6 is 0 Å². The minimum absolute atomic E-state index is 0.0596. The molecule has 0 saturated heterocycles. The van der Waals surface area contributed by atoms with Gasteiger partial charge in [-0.3, -0.25) is 4.79 Å². The number of alkyl halides is 3. The zero-order valence-corrected chi connectivity index (χ0v) is 9.83. The van der Waals surface area contributed by atoms with Gasteiger partial charge in [0.05, 0.1) is 7.11 Å². The summed E-state index contributed by atoms with van der Waals surface area (Å²) < 4.78 is 56.9. The Morgan fingerprint density at radius 1 is 1.42 bits per heavy atom. The number of esters is 1. The zero-order valence-electron chi connectivity index (χ0n) is 9.83. The lowest BCUT2D eigenvalue weighted by Gasteiger charge is -2.12. The van der Waals surface area contributed by atoms with Crippen molar-refractivity contribution in [3.8, 4) is 5.75 Å². The molecule has 0 aliphatic heterocycles. The third kappa shape index (κ3) is 4.74. The maximum Gasteiger partial charge on any atom is 0.573 e. The van der Waals surface area contributed by atoms with E-state index in [2.05, 4.69) is 9.47 Å². The van der Waals surface area contributed by atoms with E-state index in [4.69, 9.17) is 5.73 Å². The van der Waals surface area contributed by atoms with Crippen molar-refractivity contribution in [1.29, 1.82) is 0 Å². The number of ether oxygens (including phenoxy) is 2. The number of nitrogens with two attached hydrogens (primary N) is 1. The first-order valence-electron chi connectivity index (χ1n) is 5.10. The number of halogens is 4. The fourth-order valence-electron chi connectivity index (χ4n) is 1.37. The van der Waals surface area contributed by atoms with Gasteiger partial charge in [-0.05, 0) is 24.1 Å². The van der Waals surface area contributed by atoms with Gasteiger partial charge in [0, 0.05) is 0 Å². The first kappa shape index (κ1) is 15.2. The molecular weight excluding hydrogens is 270 g/mol. The highest BCUT2D eigenvalue weighted by Gasteiger charge is 2.32. The van der Waals surface area contributed by atoms with Crippen LogP contribution in [0.3, 0.4) is 0 Å². The normalized spacial score (nSPS) is 12.9. The SMILES string of the molecule is COC(=O)C(N)Cc1ccc(OC(F)(F)F)c(F)c1.